The zero-order valence-electron chi connectivity index (χ0n) is 49.5. The highest BCUT2D eigenvalue weighted by molar-refractivity contribution is 5.97. The molecule has 0 saturated carbocycles. The summed E-state index contributed by atoms with van der Waals surface area (Å²) in [5, 5.41) is 42.0. The monoisotopic (exact) mass is 1210 g/mol. The number of imidazole rings is 1. The Bertz CT molecular complexity index is 3320. The molecule has 2 aromatic heterocycles. The molecule has 4 aromatic carbocycles. The molecule has 25 heteroatoms. The normalized spacial score (nSPS) is 14.2. The number of carbonyl (C=O) groups excluding carboxylic acids is 9. The van der Waals surface area contributed by atoms with Crippen molar-refractivity contribution in [3.05, 3.63) is 156 Å². The van der Waals surface area contributed by atoms with Crippen LogP contribution in [0.5, 0.6) is 5.75 Å². The molecule has 0 fully saturated rings. The standard InChI is InChI=1S/C63H79N13O12/c1-5-6-20-48(63(87)88)72-60(84)50(29-38-15-9-7-10-16-38)74-61(85)52(31-42-34-66-35-68-42)70-54(79)32-49(40-17-11-8-12-18-40)73-62(86)55(36(2)3)76-56(80)37(4)69-59(83)51(30-41-33-67-46-21-14-13-19-44(41)46)75-58(82)47(26-27-53(65)78)71-57(81)45(64)28-39-22-24-43(77)25-23-39/h7-19,21-25,33-37,45,47-52,55,67,77H,5-6,20,26-32,64H2,1-4H3,(H2,65,78)(H,66,68)(H,69,83)(H,70,79)(H,71,81)(H,72,84)(H,73,86)(H,74,85)(H,75,82)(H,76,80)(H,87,88)/t37-,45+,47-,48-,49+,50-,51-,52-,55-/m0/s1. The number of nitrogens with zero attached hydrogens (tertiary/aromatic N) is 1. The molecule has 6 aromatic rings. The van der Waals surface area contributed by atoms with Gasteiger partial charge in [-0.2, -0.15) is 0 Å². The van der Waals surface area contributed by atoms with Crippen molar-refractivity contribution in [3.63, 3.8) is 0 Å². The molecule has 6 rings (SSSR count). The summed E-state index contributed by atoms with van der Waals surface area (Å²) >= 11 is 0. The molecule has 468 valence electrons. The number of aromatic nitrogens is 3. The van der Waals surface area contributed by atoms with Crippen LogP contribution in [0.2, 0.25) is 0 Å². The number of H-pyrrole nitrogens is 2. The van der Waals surface area contributed by atoms with Gasteiger partial charge in [0.2, 0.25) is 53.2 Å². The molecule has 9 amide bonds. The van der Waals surface area contributed by atoms with Crippen molar-refractivity contribution < 1.29 is 58.2 Å². The van der Waals surface area contributed by atoms with E-state index in [1.807, 2.05) is 25.1 Å². The number of amides is 9. The van der Waals surface area contributed by atoms with E-state index in [1.165, 1.54) is 31.6 Å². The van der Waals surface area contributed by atoms with E-state index >= 15 is 0 Å². The summed E-state index contributed by atoms with van der Waals surface area (Å²) in [5.41, 5.74) is 15.3. The van der Waals surface area contributed by atoms with Gasteiger partial charge < -0.3 is 74.2 Å². The Morgan fingerprint density at radius 3 is 1.77 bits per heavy atom. The van der Waals surface area contributed by atoms with Gasteiger partial charge in [0.05, 0.1) is 24.8 Å². The average molecular weight is 1210 g/mol. The molecule has 0 aliphatic rings. The third kappa shape index (κ3) is 20.7. The van der Waals surface area contributed by atoms with Crippen molar-refractivity contribution in [2.45, 2.75) is 146 Å². The lowest BCUT2D eigenvalue weighted by atomic mass is 9.99. The number of benzene rings is 4. The van der Waals surface area contributed by atoms with Crippen molar-refractivity contribution in [3.8, 4) is 5.75 Å². The molecule has 0 radical (unpaired) electrons. The quantitative estimate of drug-likeness (QED) is 0.0275. The lowest BCUT2D eigenvalue weighted by Crippen LogP contribution is -2.59. The maximum atomic E-state index is 14.5. The Hall–Kier alpha value is -9.91. The van der Waals surface area contributed by atoms with Crippen molar-refractivity contribution in [1.29, 1.82) is 0 Å². The molecule has 9 atom stereocenters. The smallest absolute Gasteiger partial charge is 0.326 e. The van der Waals surface area contributed by atoms with Gasteiger partial charge in [-0.15, -0.1) is 0 Å². The predicted octanol–water partition coefficient (Wildman–Crippen LogP) is 2.05. The second kappa shape index (κ2) is 33.1. The minimum atomic E-state index is -1.40. The van der Waals surface area contributed by atoms with Crippen molar-refractivity contribution >= 4 is 70.0 Å². The zero-order valence-corrected chi connectivity index (χ0v) is 49.5. The summed E-state index contributed by atoms with van der Waals surface area (Å²) in [4.78, 5) is 147. The molecule has 2 heterocycles. The number of carboxylic acid groups (broad SMARTS) is 1. The summed E-state index contributed by atoms with van der Waals surface area (Å²) in [6.07, 6.45) is 4.67. The SMILES string of the molecule is CCCC[C@H](NC(=O)[C@H](Cc1ccccc1)NC(=O)[C@H](Cc1cnc[nH]1)NC(=O)C[C@@H](NC(=O)[C@@H](NC(=O)[C@H](C)NC(=O)[C@H](Cc1c[nH]c2ccccc12)NC(=O)[C@H](CCC(N)=O)NC(=O)[C@H](N)Cc1ccc(O)cc1)C(C)C)c1ccccc1)C(=O)O. The number of hydrogen-bond donors (Lipinski definition) is 14. The number of phenolic OH excluding ortho intramolecular Hbond substituents is 1. The van der Waals surface area contributed by atoms with Gasteiger partial charge in [-0.25, -0.2) is 9.78 Å². The van der Waals surface area contributed by atoms with Gasteiger partial charge in [-0.05, 0) is 72.6 Å². The van der Waals surface area contributed by atoms with Crippen molar-refractivity contribution in [1.82, 2.24) is 57.5 Å². The number of unbranched alkanes of at least 4 members (excludes halogenated alkanes) is 1. The Balaban J connectivity index is 1.17. The number of rotatable bonds is 34. The van der Waals surface area contributed by atoms with Crippen LogP contribution in [-0.4, -0.2) is 133 Å². The Morgan fingerprint density at radius 1 is 0.568 bits per heavy atom. The third-order valence-electron chi connectivity index (χ3n) is 14.7. The Labute approximate surface area is 509 Å². The second-order valence-corrected chi connectivity index (χ2v) is 22.0. The maximum absolute atomic E-state index is 14.5. The second-order valence-electron chi connectivity index (χ2n) is 22.0. The van der Waals surface area contributed by atoms with E-state index in [1.54, 1.807) is 98.9 Å². The Morgan fingerprint density at radius 2 is 1.15 bits per heavy atom. The van der Waals surface area contributed by atoms with E-state index in [0.29, 0.717) is 40.8 Å². The van der Waals surface area contributed by atoms with E-state index in [9.17, 15) is 58.2 Å². The highest BCUT2D eigenvalue weighted by atomic mass is 16.4. The van der Waals surface area contributed by atoms with Gasteiger partial charge in [0.1, 0.15) is 48.0 Å². The molecule has 0 aliphatic carbocycles. The Kier molecular flexibility index (Phi) is 25.3. The fraction of sp³-hybridized carbons (Fsp3) is 0.381. The summed E-state index contributed by atoms with van der Waals surface area (Å²) < 4.78 is 0. The van der Waals surface area contributed by atoms with Crippen LogP contribution >= 0.6 is 0 Å². The summed E-state index contributed by atoms with van der Waals surface area (Å²) in [7, 11) is 0. The van der Waals surface area contributed by atoms with Crippen LogP contribution in [0.15, 0.2) is 128 Å². The lowest BCUT2D eigenvalue weighted by Gasteiger charge is -2.28. The first-order chi connectivity index (χ1) is 42.1. The predicted molar refractivity (Wildman–Crippen MR) is 326 cm³/mol. The summed E-state index contributed by atoms with van der Waals surface area (Å²) in [6.45, 7) is 6.62. The van der Waals surface area contributed by atoms with Crippen LogP contribution in [0.3, 0.4) is 0 Å². The number of fused-ring (bicyclic) bond motifs is 1. The van der Waals surface area contributed by atoms with Gasteiger partial charge in [-0.1, -0.05) is 125 Å². The van der Waals surface area contributed by atoms with E-state index < -0.39 is 126 Å². The number of phenols is 1. The highest BCUT2D eigenvalue weighted by Gasteiger charge is 2.35. The van der Waals surface area contributed by atoms with Gasteiger partial charge in [0, 0.05) is 54.7 Å². The molecule has 25 nitrogen and oxygen atoms in total. The minimum Gasteiger partial charge on any atom is -0.508 e. The number of carbonyl (C=O) groups is 10. The van der Waals surface area contributed by atoms with E-state index in [4.69, 9.17) is 11.5 Å². The minimum absolute atomic E-state index is 0.0116. The molecule has 16 N–H and O–H groups in total. The zero-order chi connectivity index (χ0) is 63.9. The highest BCUT2D eigenvalue weighted by Crippen LogP contribution is 2.21. The van der Waals surface area contributed by atoms with Crippen LogP contribution in [0.25, 0.3) is 10.9 Å². The number of carboxylic acids is 1. The first-order valence-electron chi connectivity index (χ1n) is 29.2. The van der Waals surface area contributed by atoms with Gasteiger partial charge in [0.25, 0.3) is 0 Å². The van der Waals surface area contributed by atoms with Crippen LogP contribution in [0.1, 0.15) is 100 Å². The summed E-state index contributed by atoms with van der Waals surface area (Å²) in [6, 6.07) is 19.1. The maximum Gasteiger partial charge on any atom is 0.326 e. The van der Waals surface area contributed by atoms with Crippen molar-refractivity contribution in [2.75, 3.05) is 0 Å². The van der Waals surface area contributed by atoms with Crippen molar-refractivity contribution in [2.24, 2.45) is 17.4 Å². The molecule has 88 heavy (non-hydrogen) atoms. The number of primary amides is 1. The molecule has 0 bridgehead atoms. The van der Waals surface area contributed by atoms with E-state index in [-0.39, 0.29) is 50.7 Å². The number of aromatic amines is 2. The van der Waals surface area contributed by atoms with Gasteiger partial charge in [-0.3, -0.25) is 43.2 Å². The fourth-order valence-corrected chi connectivity index (χ4v) is 9.74. The van der Waals surface area contributed by atoms with E-state index in [2.05, 4.69) is 57.5 Å². The number of para-hydroxylation sites is 1. The number of aliphatic carboxylic acids is 1. The van der Waals surface area contributed by atoms with Crippen LogP contribution < -0.4 is 54.0 Å². The third-order valence-corrected chi connectivity index (χ3v) is 14.7. The van der Waals surface area contributed by atoms with E-state index in [0.717, 1.165) is 10.9 Å². The van der Waals surface area contributed by atoms with Crippen LogP contribution in [0.4, 0.5) is 0 Å². The summed E-state index contributed by atoms with van der Waals surface area (Å²) in [5.74, 6) is -8.70. The molecule has 0 unspecified atom stereocenters. The molecular weight excluding hydrogens is 1130 g/mol. The number of nitrogens with two attached hydrogens (primary N) is 2. The molecule has 0 saturated heterocycles. The number of hydrogen-bond acceptors (Lipinski definition) is 13. The fourth-order valence-electron chi connectivity index (χ4n) is 9.74. The molecule has 0 aliphatic heterocycles. The molecular formula is C63H79N13O12. The first-order valence-corrected chi connectivity index (χ1v) is 29.2. The average Bonchev–Trinajstić information content (AvgIpc) is 4.17. The van der Waals surface area contributed by atoms with Gasteiger partial charge in [0.15, 0.2) is 0 Å². The number of aromatic hydroxyl groups is 1. The lowest BCUT2D eigenvalue weighted by molar-refractivity contribution is -0.142. The first kappa shape index (κ1) is 67.2. The van der Waals surface area contributed by atoms with Crippen LogP contribution in [0, 0.1) is 5.92 Å². The van der Waals surface area contributed by atoms with Gasteiger partial charge >= 0.3 is 5.97 Å². The topological polar surface area (TPSA) is 404 Å². The van der Waals surface area contributed by atoms with Crippen LogP contribution in [-0.2, 0) is 73.6 Å². The largest absolute Gasteiger partial charge is 0.508 e. The number of nitrogens with one attached hydrogen (secondary N) is 10. The molecule has 0 spiro atoms.